The molecule has 2 rings (SSSR count). The van der Waals surface area contributed by atoms with Gasteiger partial charge in [0.25, 0.3) is 5.69 Å². The molecule has 1 aromatic carbocycles. The summed E-state index contributed by atoms with van der Waals surface area (Å²) >= 11 is 1.37. The highest BCUT2D eigenvalue weighted by Gasteiger charge is 2.14. The minimum atomic E-state index is -0.390. The number of benzene rings is 1. The standard InChI is InChI=1S/C11H13N5O3S/c1-8-9(3-2-4-10(8)16(18)19)7-20-11-12-13-14-15(11)5-6-17/h2-4,17H,5-7H2,1H3. The van der Waals surface area contributed by atoms with Gasteiger partial charge >= 0.3 is 0 Å². The number of aliphatic hydroxyl groups is 1. The van der Waals surface area contributed by atoms with Crippen LogP contribution in [0.25, 0.3) is 0 Å². The summed E-state index contributed by atoms with van der Waals surface area (Å²) in [6.45, 7) is 2.00. The van der Waals surface area contributed by atoms with Gasteiger partial charge in [-0.25, -0.2) is 4.68 Å². The fourth-order valence-electron chi connectivity index (χ4n) is 1.70. The van der Waals surface area contributed by atoms with Gasteiger partial charge in [-0.3, -0.25) is 10.1 Å². The molecule has 9 heteroatoms. The fourth-order valence-corrected chi connectivity index (χ4v) is 2.67. The van der Waals surface area contributed by atoms with Gasteiger partial charge in [0.05, 0.1) is 18.1 Å². The van der Waals surface area contributed by atoms with Crippen LogP contribution in [0.4, 0.5) is 5.69 Å². The highest BCUT2D eigenvalue weighted by Crippen LogP contribution is 2.26. The van der Waals surface area contributed by atoms with Crippen LogP contribution in [0.1, 0.15) is 11.1 Å². The number of aromatic nitrogens is 4. The van der Waals surface area contributed by atoms with E-state index in [1.165, 1.54) is 22.5 Å². The molecule has 0 saturated carbocycles. The Morgan fingerprint density at radius 1 is 1.50 bits per heavy atom. The van der Waals surface area contributed by atoms with Crippen LogP contribution in [-0.4, -0.2) is 36.8 Å². The van der Waals surface area contributed by atoms with Gasteiger partial charge < -0.3 is 5.11 Å². The highest BCUT2D eigenvalue weighted by atomic mass is 32.2. The first-order valence-electron chi connectivity index (χ1n) is 5.86. The van der Waals surface area contributed by atoms with Gasteiger partial charge in [0, 0.05) is 17.4 Å². The Hall–Kier alpha value is -2.00. The normalized spacial score (nSPS) is 10.7. The molecule has 0 fully saturated rings. The Morgan fingerprint density at radius 2 is 2.30 bits per heavy atom. The van der Waals surface area contributed by atoms with Gasteiger partial charge in [-0.05, 0) is 22.9 Å². The summed E-state index contributed by atoms with van der Waals surface area (Å²) in [6.07, 6.45) is 0. The number of thioether (sulfide) groups is 1. The zero-order valence-corrected chi connectivity index (χ0v) is 11.6. The second-order valence-corrected chi connectivity index (χ2v) is 4.96. The molecule has 0 aliphatic rings. The molecule has 0 spiro atoms. The van der Waals surface area contributed by atoms with E-state index < -0.39 is 0 Å². The van der Waals surface area contributed by atoms with Crippen LogP contribution < -0.4 is 0 Å². The third kappa shape index (κ3) is 3.11. The molecule has 0 bridgehead atoms. The molecule has 1 aromatic heterocycles. The van der Waals surface area contributed by atoms with Crippen LogP contribution in [-0.2, 0) is 12.3 Å². The van der Waals surface area contributed by atoms with Crippen molar-refractivity contribution in [2.24, 2.45) is 0 Å². The van der Waals surface area contributed by atoms with E-state index in [1.807, 2.05) is 6.07 Å². The van der Waals surface area contributed by atoms with E-state index in [0.717, 1.165) is 5.56 Å². The van der Waals surface area contributed by atoms with Crippen molar-refractivity contribution in [1.82, 2.24) is 20.2 Å². The molecule has 0 unspecified atom stereocenters. The first-order valence-corrected chi connectivity index (χ1v) is 6.84. The van der Waals surface area contributed by atoms with Crippen LogP contribution in [0.2, 0.25) is 0 Å². The minimum absolute atomic E-state index is 0.0472. The quantitative estimate of drug-likeness (QED) is 0.484. The largest absolute Gasteiger partial charge is 0.394 e. The lowest BCUT2D eigenvalue weighted by molar-refractivity contribution is -0.385. The van der Waals surface area contributed by atoms with E-state index >= 15 is 0 Å². The topological polar surface area (TPSA) is 107 Å². The van der Waals surface area contributed by atoms with Crippen molar-refractivity contribution in [3.63, 3.8) is 0 Å². The molecule has 0 radical (unpaired) electrons. The number of hydrogen-bond donors (Lipinski definition) is 1. The molecule has 0 aliphatic heterocycles. The number of rotatable bonds is 6. The molecule has 20 heavy (non-hydrogen) atoms. The molecule has 0 aliphatic carbocycles. The number of nitrogens with zero attached hydrogens (tertiary/aromatic N) is 5. The van der Waals surface area contributed by atoms with E-state index in [9.17, 15) is 10.1 Å². The van der Waals surface area contributed by atoms with Crippen molar-refractivity contribution in [2.75, 3.05) is 6.61 Å². The van der Waals surface area contributed by atoms with E-state index in [2.05, 4.69) is 15.5 Å². The lowest BCUT2D eigenvalue weighted by Crippen LogP contribution is -2.05. The van der Waals surface area contributed by atoms with Crippen LogP contribution in [0.15, 0.2) is 23.4 Å². The zero-order chi connectivity index (χ0) is 14.5. The zero-order valence-electron chi connectivity index (χ0n) is 10.8. The number of aliphatic hydroxyl groups excluding tert-OH is 1. The molecule has 106 valence electrons. The summed E-state index contributed by atoms with van der Waals surface area (Å²) in [7, 11) is 0. The predicted octanol–water partition coefficient (Wildman–Crippen LogP) is 1.17. The third-order valence-corrected chi connectivity index (χ3v) is 3.79. The van der Waals surface area contributed by atoms with Crippen molar-refractivity contribution in [1.29, 1.82) is 0 Å². The van der Waals surface area contributed by atoms with Gasteiger partial charge in [0.1, 0.15) is 0 Å². The summed E-state index contributed by atoms with van der Waals surface area (Å²) in [5.41, 5.74) is 1.62. The molecule has 8 nitrogen and oxygen atoms in total. The van der Waals surface area contributed by atoms with Gasteiger partial charge in [-0.2, -0.15) is 0 Å². The predicted molar refractivity (Wildman–Crippen MR) is 72.3 cm³/mol. The monoisotopic (exact) mass is 295 g/mol. The third-order valence-electron chi connectivity index (χ3n) is 2.78. The second kappa shape index (κ2) is 6.44. The summed E-state index contributed by atoms with van der Waals surface area (Å²) in [6, 6.07) is 4.99. The maximum atomic E-state index is 10.9. The van der Waals surface area contributed by atoms with Crippen molar-refractivity contribution >= 4 is 17.4 Å². The second-order valence-electron chi connectivity index (χ2n) is 4.02. The van der Waals surface area contributed by atoms with Gasteiger partial charge in [0.15, 0.2) is 0 Å². The Labute approximate surface area is 119 Å². The van der Waals surface area contributed by atoms with E-state index in [4.69, 9.17) is 5.11 Å². The molecule has 1 heterocycles. The first kappa shape index (κ1) is 14.4. The molecule has 2 aromatic rings. The Kier molecular flexibility index (Phi) is 4.64. The Morgan fingerprint density at radius 3 is 3.00 bits per heavy atom. The van der Waals surface area contributed by atoms with Crippen LogP contribution in [0, 0.1) is 17.0 Å². The van der Waals surface area contributed by atoms with Gasteiger partial charge in [0.2, 0.25) is 5.16 Å². The number of tetrazole rings is 1. The van der Waals surface area contributed by atoms with Crippen LogP contribution in [0.5, 0.6) is 0 Å². The molecule has 0 atom stereocenters. The Balaban J connectivity index is 2.13. The fraction of sp³-hybridized carbons (Fsp3) is 0.364. The molecule has 1 N–H and O–H groups in total. The lowest BCUT2D eigenvalue weighted by Gasteiger charge is -2.06. The van der Waals surface area contributed by atoms with E-state index in [1.54, 1.807) is 13.0 Å². The maximum absolute atomic E-state index is 10.9. The Bertz CT molecular complexity index is 616. The molecular formula is C11H13N5O3S. The number of nitro groups is 1. The maximum Gasteiger partial charge on any atom is 0.272 e. The van der Waals surface area contributed by atoms with E-state index in [-0.39, 0.29) is 17.2 Å². The van der Waals surface area contributed by atoms with Gasteiger partial charge in [-0.1, -0.05) is 23.9 Å². The first-order chi connectivity index (χ1) is 9.63. The summed E-state index contributed by atoms with van der Waals surface area (Å²) in [4.78, 5) is 10.5. The average molecular weight is 295 g/mol. The lowest BCUT2D eigenvalue weighted by atomic mass is 10.1. The smallest absolute Gasteiger partial charge is 0.272 e. The summed E-state index contributed by atoms with van der Waals surface area (Å²) < 4.78 is 1.50. The van der Waals surface area contributed by atoms with E-state index in [0.29, 0.717) is 23.0 Å². The highest BCUT2D eigenvalue weighted by molar-refractivity contribution is 7.98. The van der Waals surface area contributed by atoms with Crippen molar-refractivity contribution < 1.29 is 10.0 Å². The van der Waals surface area contributed by atoms with Crippen molar-refractivity contribution in [3.8, 4) is 0 Å². The summed E-state index contributed by atoms with van der Waals surface area (Å²) in [5, 5.41) is 31.5. The van der Waals surface area contributed by atoms with Crippen molar-refractivity contribution in [3.05, 3.63) is 39.4 Å². The van der Waals surface area contributed by atoms with Gasteiger partial charge in [-0.15, -0.1) is 5.10 Å². The molecular weight excluding hydrogens is 282 g/mol. The molecule has 0 amide bonds. The summed E-state index contributed by atoms with van der Waals surface area (Å²) in [5.74, 6) is 0.527. The number of nitro benzene ring substituents is 1. The molecule has 0 saturated heterocycles. The van der Waals surface area contributed by atoms with Crippen LogP contribution >= 0.6 is 11.8 Å². The minimum Gasteiger partial charge on any atom is -0.394 e. The van der Waals surface area contributed by atoms with Crippen LogP contribution in [0.3, 0.4) is 0 Å². The van der Waals surface area contributed by atoms with Crippen molar-refractivity contribution in [2.45, 2.75) is 24.4 Å². The number of hydrogen-bond acceptors (Lipinski definition) is 7. The SMILES string of the molecule is Cc1c(CSc2nnnn2CCO)cccc1[N+](=O)[O-]. The average Bonchev–Trinajstić information content (AvgIpc) is 2.85.